The number of hydrogen-bond donors (Lipinski definition) is 1. The number of nitrogens with one attached hydrogen (secondary N) is 1. The summed E-state index contributed by atoms with van der Waals surface area (Å²) in [6.45, 7) is 2.84. The molecule has 23 heavy (non-hydrogen) atoms. The molecule has 1 aliphatic heterocycles. The van der Waals surface area contributed by atoms with Crippen molar-refractivity contribution in [1.82, 2.24) is 9.88 Å². The van der Waals surface area contributed by atoms with Crippen LogP contribution in [-0.2, 0) is 9.47 Å². The molecule has 2 heterocycles. The van der Waals surface area contributed by atoms with Crippen LogP contribution >= 0.6 is 0 Å². The lowest BCUT2D eigenvalue weighted by Crippen LogP contribution is -2.38. The number of ether oxygens (including phenoxy) is 2. The lowest BCUT2D eigenvalue weighted by Gasteiger charge is -2.23. The number of likely N-dealkylation sites (tertiary alicyclic amines) is 1. The van der Waals surface area contributed by atoms with Crippen molar-refractivity contribution in [2.45, 2.75) is 25.5 Å². The first-order chi connectivity index (χ1) is 11.0. The number of methoxy groups -OCH3 is 2. The second-order valence-electron chi connectivity index (χ2n) is 6.03. The molecule has 0 aliphatic carbocycles. The van der Waals surface area contributed by atoms with E-state index in [2.05, 4.69) is 4.98 Å². The Kier molecular flexibility index (Phi) is 4.37. The number of aryl methyl sites for hydroxylation is 1. The molecule has 3 rings (SSSR count). The molecular weight excluding hydrogens is 299 g/mol. The molecule has 0 bridgehead atoms. The fourth-order valence-corrected chi connectivity index (χ4v) is 3.29. The molecular formula is C17H21FN2O3. The molecule has 2 aromatic rings. The van der Waals surface area contributed by atoms with E-state index in [-0.39, 0.29) is 23.9 Å². The zero-order valence-electron chi connectivity index (χ0n) is 13.6. The van der Waals surface area contributed by atoms with E-state index < -0.39 is 0 Å². The smallest absolute Gasteiger partial charge is 0.270 e. The molecule has 1 saturated heterocycles. The zero-order valence-corrected chi connectivity index (χ0v) is 13.6. The van der Waals surface area contributed by atoms with Gasteiger partial charge >= 0.3 is 0 Å². The van der Waals surface area contributed by atoms with Crippen molar-refractivity contribution < 1.29 is 18.7 Å². The lowest BCUT2D eigenvalue weighted by molar-refractivity contribution is 0.0607. The first-order valence-corrected chi connectivity index (χ1v) is 7.65. The van der Waals surface area contributed by atoms with Crippen LogP contribution < -0.4 is 0 Å². The molecule has 1 aromatic carbocycles. The van der Waals surface area contributed by atoms with E-state index in [0.717, 1.165) is 17.4 Å². The first kappa shape index (κ1) is 16.0. The number of halogens is 1. The van der Waals surface area contributed by atoms with Crippen molar-refractivity contribution in [2.75, 3.05) is 27.4 Å². The molecule has 1 N–H and O–H groups in total. The van der Waals surface area contributed by atoms with Gasteiger partial charge in [0.05, 0.1) is 18.8 Å². The zero-order chi connectivity index (χ0) is 16.6. The number of H-pyrrole nitrogens is 1. The van der Waals surface area contributed by atoms with Gasteiger partial charge in [-0.05, 0) is 37.1 Å². The summed E-state index contributed by atoms with van der Waals surface area (Å²) < 4.78 is 24.1. The van der Waals surface area contributed by atoms with E-state index in [9.17, 15) is 9.18 Å². The molecule has 1 fully saturated rings. The molecule has 2 atom stereocenters. The van der Waals surface area contributed by atoms with Gasteiger partial charge in [-0.15, -0.1) is 0 Å². The molecule has 0 radical (unpaired) electrons. The van der Waals surface area contributed by atoms with E-state index in [0.29, 0.717) is 24.4 Å². The number of rotatable bonds is 4. The van der Waals surface area contributed by atoms with Gasteiger partial charge in [-0.25, -0.2) is 4.39 Å². The van der Waals surface area contributed by atoms with Crippen LogP contribution in [0.2, 0.25) is 0 Å². The summed E-state index contributed by atoms with van der Waals surface area (Å²) in [5, 5.41) is 0.862. The van der Waals surface area contributed by atoms with Crippen LogP contribution in [0.1, 0.15) is 22.5 Å². The minimum absolute atomic E-state index is 0.0123. The molecule has 1 amide bonds. The summed E-state index contributed by atoms with van der Waals surface area (Å²) in [5.41, 5.74) is 1.91. The summed E-state index contributed by atoms with van der Waals surface area (Å²) in [4.78, 5) is 17.7. The Balaban J connectivity index is 1.91. The summed E-state index contributed by atoms with van der Waals surface area (Å²) in [6.07, 6.45) is 0.770. The summed E-state index contributed by atoms with van der Waals surface area (Å²) in [6, 6.07) is 4.65. The highest BCUT2D eigenvalue weighted by Crippen LogP contribution is 2.26. The molecule has 1 aliphatic rings. The quantitative estimate of drug-likeness (QED) is 0.942. The second kappa shape index (κ2) is 6.29. The number of aromatic amines is 1. The number of aromatic nitrogens is 1. The summed E-state index contributed by atoms with van der Waals surface area (Å²) >= 11 is 0. The normalized spacial score (nSPS) is 21.3. The van der Waals surface area contributed by atoms with Crippen LogP contribution in [-0.4, -0.2) is 55.3 Å². The van der Waals surface area contributed by atoms with Crippen molar-refractivity contribution in [1.29, 1.82) is 0 Å². The SMILES string of the molecule is COC[C@@H]1C[C@H](OC)CN1C(=O)c1cc2c(C)cc(F)cc2[nH]1. The van der Waals surface area contributed by atoms with Gasteiger partial charge in [0.15, 0.2) is 0 Å². The highest BCUT2D eigenvalue weighted by molar-refractivity contribution is 5.99. The minimum Gasteiger partial charge on any atom is -0.383 e. The van der Waals surface area contributed by atoms with Crippen LogP contribution in [0.15, 0.2) is 18.2 Å². The number of hydrogen-bond acceptors (Lipinski definition) is 3. The van der Waals surface area contributed by atoms with E-state index >= 15 is 0 Å². The monoisotopic (exact) mass is 320 g/mol. The average molecular weight is 320 g/mol. The van der Waals surface area contributed by atoms with Crippen LogP contribution in [0.25, 0.3) is 10.9 Å². The maximum atomic E-state index is 13.5. The predicted molar refractivity (Wildman–Crippen MR) is 85.1 cm³/mol. The van der Waals surface area contributed by atoms with Gasteiger partial charge in [0, 0.05) is 31.7 Å². The Labute approximate surface area is 134 Å². The number of carbonyl (C=O) groups is 1. The first-order valence-electron chi connectivity index (χ1n) is 7.65. The Morgan fingerprint density at radius 1 is 1.39 bits per heavy atom. The molecule has 124 valence electrons. The fourth-order valence-electron chi connectivity index (χ4n) is 3.29. The van der Waals surface area contributed by atoms with Crippen molar-refractivity contribution in [3.8, 4) is 0 Å². The van der Waals surface area contributed by atoms with Gasteiger partial charge in [0.2, 0.25) is 0 Å². The van der Waals surface area contributed by atoms with Crippen molar-refractivity contribution in [3.63, 3.8) is 0 Å². The Morgan fingerprint density at radius 2 is 2.17 bits per heavy atom. The third-order valence-electron chi connectivity index (χ3n) is 4.47. The van der Waals surface area contributed by atoms with Crippen molar-refractivity contribution >= 4 is 16.8 Å². The van der Waals surface area contributed by atoms with E-state index in [1.54, 1.807) is 25.2 Å². The summed E-state index contributed by atoms with van der Waals surface area (Å²) in [5.74, 6) is -0.420. The molecule has 5 nitrogen and oxygen atoms in total. The highest BCUT2D eigenvalue weighted by atomic mass is 19.1. The number of amides is 1. The topological polar surface area (TPSA) is 54.6 Å². The third kappa shape index (κ3) is 2.96. The van der Waals surface area contributed by atoms with E-state index in [1.165, 1.54) is 12.1 Å². The van der Waals surface area contributed by atoms with Gasteiger partial charge in [-0.2, -0.15) is 0 Å². The van der Waals surface area contributed by atoms with Crippen LogP contribution in [0.5, 0.6) is 0 Å². The van der Waals surface area contributed by atoms with E-state index in [1.807, 2.05) is 6.92 Å². The van der Waals surface area contributed by atoms with Crippen LogP contribution in [0.4, 0.5) is 4.39 Å². The van der Waals surface area contributed by atoms with Gasteiger partial charge in [0.1, 0.15) is 11.5 Å². The maximum absolute atomic E-state index is 13.5. The van der Waals surface area contributed by atoms with Gasteiger partial charge in [0.25, 0.3) is 5.91 Å². The molecule has 0 spiro atoms. The van der Waals surface area contributed by atoms with Crippen LogP contribution in [0.3, 0.4) is 0 Å². The lowest BCUT2D eigenvalue weighted by atomic mass is 10.1. The Bertz CT molecular complexity index is 728. The molecule has 0 unspecified atom stereocenters. The van der Waals surface area contributed by atoms with Crippen molar-refractivity contribution in [3.05, 3.63) is 35.3 Å². The van der Waals surface area contributed by atoms with Gasteiger partial charge < -0.3 is 19.4 Å². The average Bonchev–Trinajstić information content (AvgIpc) is 3.11. The van der Waals surface area contributed by atoms with Gasteiger partial charge in [-0.3, -0.25) is 4.79 Å². The fraction of sp³-hybridized carbons (Fsp3) is 0.471. The summed E-state index contributed by atoms with van der Waals surface area (Å²) in [7, 11) is 3.27. The standard InChI is InChI=1S/C17H21FN2O3/c1-10-4-11(18)5-15-14(10)7-16(19-15)17(21)20-8-13(23-3)6-12(20)9-22-2/h4-5,7,12-13,19H,6,8-9H2,1-3H3/t12-,13-/m0/s1. The molecule has 6 heteroatoms. The number of carbonyl (C=O) groups excluding carboxylic acids is 1. The Hall–Kier alpha value is -1.92. The largest absolute Gasteiger partial charge is 0.383 e. The predicted octanol–water partition coefficient (Wildman–Crippen LogP) is 2.49. The van der Waals surface area contributed by atoms with Crippen molar-refractivity contribution in [2.24, 2.45) is 0 Å². The number of fused-ring (bicyclic) bond motifs is 1. The van der Waals surface area contributed by atoms with Gasteiger partial charge in [-0.1, -0.05) is 0 Å². The third-order valence-corrected chi connectivity index (χ3v) is 4.47. The second-order valence-corrected chi connectivity index (χ2v) is 6.03. The molecule has 1 aromatic heterocycles. The highest BCUT2D eigenvalue weighted by Gasteiger charge is 2.36. The Morgan fingerprint density at radius 3 is 2.87 bits per heavy atom. The molecule has 0 saturated carbocycles. The minimum atomic E-state index is -0.311. The van der Waals surface area contributed by atoms with Crippen LogP contribution in [0, 0.1) is 12.7 Å². The number of benzene rings is 1. The maximum Gasteiger partial charge on any atom is 0.270 e. The number of nitrogens with zero attached hydrogens (tertiary/aromatic N) is 1. The van der Waals surface area contributed by atoms with E-state index in [4.69, 9.17) is 9.47 Å².